The molecule has 0 amide bonds. The van der Waals surface area contributed by atoms with Crippen LogP contribution in [-0.4, -0.2) is 34.6 Å². The van der Waals surface area contributed by atoms with Gasteiger partial charge in [0.1, 0.15) is 24.0 Å². The minimum Gasteiger partial charge on any atom is -0.488 e. The molecular weight excluding hydrogens is 448 g/mol. The number of imidazole rings is 1. The normalized spacial score (nSPS) is 17.7. The zero-order valence-corrected chi connectivity index (χ0v) is 19.4. The summed E-state index contributed by atoms with van der Waals surface area (Å²) in [6.07, 6.45) is 3.81. The van der Waals surface area contributed by atoms with Gasteiger partial charge < -0.3 is 14.6 Å². The number of halogens is 2. The third kappa shape index (κ3) is 3.86. The monoisotopic (exact) mass is 473 g/mol. The largest absolute Gasteiger partial charge is 0.488 e. The molecule has 6 rings (SSSR count). The fourth-order valence-electron chi connectivity index (χ4n) is 5.27. The first kappa shape index (κ1) is 21.8. The molecule has 0 radical (unpaired) electrons. The fraction of sp³-hybridized carbons (Fsp3) is 0.250. The molecule has 0 spiro atoms. The molecule has 3 heterocycles. The maximum Gasteiger partial charge on any atom is 0.326 e. The topological polar surface area (TPSA) is 50.3 Å². The first-order chi connectivity index (χ1) is 17.0. The maximum absolute atomic E-state index is 14.7. The predicted octanol–water partition coefficient (Wildman–Crippen LogP) is 5.36. The first-order valence-corrected chi connectivity index (χ1v) is 11.8. The SMILES string of the molecule is CN1CCC(n2c(=O)[nH]c3cc(/C=C4/c5ccc(F)cc5OCc5c(F)cccc54)ccc32)CC1. The van der Waals surface area contributed by atoms with Crippen LogP contribution in [0.5, 0.6) is 5.75 Å². The lowest BCUT2D eigenvalue weighted by Gasteiger charge is -2.29. The molecule has 0 saturated carbocycles. The molecule has 1 N–H and O–H groups in total. The molecule has 35 heavy (non-hydrogen) atoms. The molecule has 0 bridgehead atoms. The van der Waals surface area contributed by atoms with E-state index in [1.165, 1.54) is 18.2 Å². The molecule has 1 fully saturated rings. The molecule has 1 aromatic heterocycles. The van der Waals surface area contributed by atoms with Crippen molar-refractivity contribution in [2.24, 2.45) is 0 Å². The van der Waals surface area contributed by atoms with Gasteiger partial charge in [0.05, 0.1) is 11.0 Å². The quantitative estimate of drug-likeness (QED) is 0.427. The number of hydrogen-bond acceptors (Lipinski definition) is 3. The minimum atomic E-state index is -0.413. The van der Waals surface area contributed by atoms with Crippen molar-refractivity contribution in [2.45, 2.75) is 25.5 Å². The number of aromatic nitrogens is 2. The van der Waals surface area contributed by atoms with E-state index in [1.807, 2.05) is 34.9 Å². The Hall–Kier alpha value is -3.71. The van der Waals surface area contributed by atoms with Crippen molar-refractivity contribution in [3.63, 3.8) is 0 Å². The van der Waals surface area contributed by atoms with Crippen LogP contribution in [0.3, 0.4) is 0 Å². The number of fused-ring (bicyclic) bond motifs is 3. The van der Waals surface area contributed by atoms with Gasteiger partial charge in [0, 0.05) is 23.2 Å². The van der Waals surface area contributed by atoms with E-state index < -0.39 is 5.82 Å². The fourth-order valence-corrected chi connectivity index (χ4v) is 5.27. The van der Waals surface area contributed by atoms with Crippen molar-refractivity contribution in [2.75, 3.05) is 20.1 Å². The van der Waals surface area contributed by atoms with Crippen LogP contribution in [0.1, 0.15) is 41.1 Å². The van der Waals surface area contributed by atoms with E-state index in [9.17, 15) is 13.6 Å². The average molecular weight is 474 g/mol. The highest BCUT2D eigenvalue weighted by Crippen LogP contribution is 2.39. The van der Waals surface area contributed by atoms with E-state index >= 15 is 0 Å². The third-order valence-electron chi connectivity index (χ3n) is 7.12. The third-order valence-corrected chi connectivity index (χ3v) is 7.12. The molecular formula is C28H25F2N3O2. The zero-order chi connectivity index (χ0) is 24.1. The van der Waals surface area contributed by atoms with Crippen LogP contribution in [0.25, 0.3) is 22.7 Å². The summed E-state index contributed by atoms with van der Waals surface area (Å²) in [4.78, 5) is 18.1. The smallest absolute Gasteiger partial charge is 0.326 e. The number of nitrogens with zero attached hydrogens (tertiary/aromatic N) is 2. The second-order valence-corrected chi connectivity index (χ2v) is 9.36. The van der Waals surface area contributed by atoms with Crippen molar-refractivity contribution in [1.82, 2.24) is 14.5 Å². The average Bonchev–Trinajstić information content (AvgIpc) is 3.08. The van der Waals surface area contributed by atoms with E-state index in [0.29, 0.717) is 22.4 Å². The number of hydrogen-bond donors (Lipinski definition) is 1. The highest BCUT2D eigenvalue weighted by atomic mass is 19.1. The van der Waals surface area contributed by atoms with Gasteiger partial charge >= 0.3 is 5.69 Å². The van der Waals surface area contributed by atoms with Crippen molar-refractivity contribution in [3.8, 4) is 5.75 Å². The lowest BCUT2D eigenvalue weighted by atomic mass is 9.92. The van der Waals surface area contributed by atoms with Crippen molar-refractivity contribution in [3.05, 3.63) is 99.0 Å². The first-order valence-electron chi connectivity index (χ1n) is 11.8. The number of rotatable bonds is 2. The zero-order valence-electron chi connectivity index (χ0n) is 19.4. The van der Waals surface area contributed by atoms with Gasteiger partial charge in [0.2, 0.25) is 0 Å². The Bertz CT molecular complexity index is 1530. The molecule has 178 valence electrons. The highest BCUT2D eigenvalue weighted by molar-refractivity contribution is 5.95. The number of likely N-dealkylation sites (tertiary alicyclic amines) is 1. The second-order valence-electron chi connectivity index (χ2n) is 9.36. The summed E-state index contributed by atoms with van der Waals surface area (Å²) in [6.45, 7) is 1.94. The number of aromatic amines is 1. The van der Waals surface area contributed by atoms with Crippen LogP contribution in [-0.2, 0) is 6.61 Å². The molecule has 4 aromatic rings. The lowest BCUT2D eigenvalue weighted by Crippen LogP contribution is -2.34. The van der Waals surface area contributed by atoms with Crippen LogP contribution in [0.15, 0.2) is 59.4 Å². The Morgan fingerprint density at radius 2 is 1.86 bits per heavy atom. The summed E-state index contributed by atoms with van der Waals surface area (Å²) in [6, 6.07) is 15.3. The summed E-state index contributed by atoms with van der Waals surface area (Å²) >= 11 is 0. The van der Waals surface area contributed by atoms with E-state index in [4.69, 9.17) is 4.74 Å². The van der Waals surface area contributed by atoms with Crippen LogP contribution in [0.2, 0.25) is 0 Å². The van der Waals surface area contributed by atoms with E-state index in [-0.39, 0.29) is 24.2 Å². The Morgan fingerprint density at radius 3 is 2.69 bits per heavy atom. The van der Waals surface area contributed by atoms with Crippen molar-refractivity contribution < 1.29 is 13.5 Å². The van der Waals surface area contributed by atoms with Gasteiger partial charge in [-0.25, -0.2) is 13.6 Å². The Kier molecular flexibility index (Phi) is 5.29. The Morgan fingerprint density at radius 1 is 1.03 bits per heavy atom. The number of nitrogens with one attached hydrogen (secondary N) is 1. The molecule has 0 unspecified atom stereocenters. The molecule has 1 saturated heterocycles. The van der Waals surface area contributed by atoms with Gasteiger partial charge in [0.15, 0.2) is 0 Å². The summed E-state index contributed by atoms with van der Waals surface area (Å²) in [7, 11) is 2.10. The van der Waals surface area contributed by atoms with Gasteiger partial charge in [-0.2, -0.15) is 0 Å². The van der Waals surface area contributed by atoms with E-state index in [1.54, 1.807) is 12.1 Å². The second kappa shape index (κ2) is 8.50. The predicted molar refractivity (Wildman–Crippen MR) is 132 cm³/mol. The number of ether oxygens (including phenoxy) is 1. The summed E-state index contributed by atoms with van der Waals surface area (Å²) in [5.74, 6) is -0.407. The maximum atomic E-state index is 14.7. The lowest BCUT2D eigenvalue weighted by molar-refractivity contribution is 0.221. The van der Waals surface area contributed by atoms with Crippen LogP contribution in [0, 0.1) is 11.6 Å². The summed E-state index contributed by atoms with van der Waals surface area (Å²) in [5, 5.41) is 0. The molecule has 2 aliphatic rings. The molecule has 2 aliphatic heterocycles. The standard InChI is InChI=1S/C28H25F2N3O2/c1-32-11-9-19(10-12-32)33-26-8-5-17(14-25(26)31-28(33)34)13-22-20-3-2-4-24(30)23(20)16-35-27-15-18(29)6-7-21(22)27/h2-8,13-15,19H,9-12,16H2,1H3,(H,31,34)/b22-13+. The van der Waals surface area contributed by atoms with Crippen molar-refractivity contribution in [1.29, 1.82) is 0 Å². The number of H-pyrrole nitrogens is 1. The highest BCUT2D eigenvalue weighted by Gasteiger charge is 2.24. The number of benzene rings is 3. The van der Waals surface area contributed by atoms with Gasteiger partial charge in [-0.3, -0.25) is 4.57 Å². The van der Waals surface area contributed by atoms with Crippen molar-refractivity contribution >= 4 is 22.7 Å². The summed E-state index contributed by atoms with van der Waals surface area (Å²) < 4.78 is 36.3. The molecule has 7 heteroatoms. The van der Waals surface area contributed by atoms with Gasteiger partial charge in [-0.15, -0.1) is 0 Å². The van der Waals surface area contributed by atoms with E-state index in [2.05, 4.69) is 16.9 Å². The molecule has 5 nitrogen and oxygen atoms in total. The number of piperidine rings is 1. The van der Waals surface area contributed by atoms with E-state index in [0.717, 1.165) is 48.1 Å². The minimum absolute atomic E-state index is 0.0155. The van der Waals surface area contributed by atoms with Gasteiger partial charge in [-0.05, 0) is 86.1 Å². The summed E-state index contributed by atoms with van der Waals surface area (Å²) in [5.41, 5.74) is 4.94. The van der Waals surface area contributed by atoms with Gasteiger partial charge in [0.25, 0.3) is 0 Å². The Labute approximate surface area is 201 Å². The molecule has 0 aliphatic carbocycles. The van der Waals surface area contributed by atoms with Crippen LogP contribution >= 0.6 is 0 Å². The van der Waals surface area contributed by atoms with Gasteiger partial charge in [-0.1, -0.05) is 18.2 Å². The Balaban J connectivity index is 1.48. The van der Waals surface area contributed by atoms with Crippen LogP contribution in [0.4, 0.5) is 8.78 Å². The molecule has 3 aromatic carbocycles. The molecule has 0 atom stereocenters. The van der Waals surface area contributed by atoms with Crippen LogP contribution < -0.4 is 10.4 Å².